The van der Waals surface area contributed by atoms with E-state index in [1.165, 1.54) is 0 Å². The molecule has 0 fully saturated rings. The molecular weight excluding hydrogens is 190 g/mol. The smallest absolute Gasteiger partial charge is 0.153 e. The van der Waals surface area contributed by atoms with Crippen molar-refractivity contribution in [2.45, 2.75) is 0 Å². The SMILES string of the molecule is CN/N=C/c1ccc2c(N)nncc2c1. The molecule has 0 unspecified atom stereocenters. The van der Waals surface area contributed by atoms with Crippen molar-refractivity contribution in [3.8, 4) is 0 Å². The molecular formula is C10H11N5. The number of nitrogen functional groups attached to an aromatic ring is 1. The standard InChI is InChI=1S/C10H11N5/c1-12-13-5-7-2-3-9-8(4-7)6-14-15-10(9)11/h2-6,12H,1H3,(H2,11,15)/b13-5+. The van der Waals surface area contributed by atoms with Gasteiger partial charge in [0.05, 0.1) is 12.4 Å². The Hall–Kier alpha value is -2.17. The molecule has 0 radical (unpaired) electrons. The number of rotatable bonds is 2. The number of anilines is 1. The summed E-state index contributed by atoms with van der Waals surface area (Å²) >= 11 is 0. The lowest BCUT2D eigenvalue weighted by molar-refractivity contribution is 0.908. The second-order valence-electron chi connectivity index (χ2n) is 3.06. The van der Waals surface area contributed by atoms with Crippen LogP contribution >= 0.6 is 0 Å². The normalized spacial score (nSPS) is 11.0. The third-order valence-electron chi connectivity index (χ3n) is 2.06. The zero-order valence-electron chi connectivity index (χ0n) is 8.31. The first-order valence-corrected chi connectivity index (χ1v) is 4.52. The average Bonchev–Trinajstić information content (AvgIpc) is 2.26. The molecule has 5 heteroatoms. The average molecular weight is 201 g/mol. The lowest BCUT2D eigenvalue weighted by atomic mass is 10.1. The van der Waals surface area contributed by atoms with Crippen molar-refractivity contribution in [3.05, 3.63) is 30.0 Å². The maximum atomic E-state index is 5.69. The summed E-state index contributed by atoms with van der Waals surface area (Å²) in [5.41, 5.74) is 9.37. The summed E-state index contributed by atoms with van der Waals surface area (Å²) in [6, 6.07) is 5.80. The number of nitrogens with one attached hydrogen (secondary N) is 1. The number of nitrogens with zero attached hydrogens (tertiary/aromatic N) is 3. The molecule has 2 aromatic rings. The summed E-state index contributed by atoms with van der Waals surface area (Å²) in [7, 11) is 1.75. The van der Waals surface area contributed by atoms with Crippen LogP contribution < -0.4 is 11.2 Å². The third-order valence-corrected chi connectivity index (χ3v) is 2.06. The maximum Gasteiger partial charge on any atom is 0.153 e. The number of aromatic nitrogens is 2. The van der Waals surface area contributed by atoms with Gasteiger partial charge in [-0.15, -0.1) is 5.10 Å². The zero-order valence-corrected chi connectivity index (χ0v) is 8.31. The summed E-state index contributed by atoms with van der Waals surface area (Å²) in [5, 5.41) is 13.4. The predicted molar refractivity (Wildman–Crippen MR) is 60.6 cm³/mol. The van der Waals surface area contributed by atoms with E-state index in [4.69, 9.17) is 5.73 Å². The van der Waals surface area contributed by atoms with Gasteiger partial charge >= 0.3 is 0 Å². The first kappa shape index (κ1) is 9.39. The molecule has 1 heterocycles. The lowest BCUT2D eigenvalue weighted by Gasteiger charge is -2.00. The first-order chi connectivity index (χ1) is 7.31. The van der Waals surface area contributed by atoms with Gasteiger partial charge in [0.2, 0.25) is 0 Å². The van der Waals surface area contributed by atoms with E-state index < -0.39 is 0 Å². The quantitative estimate of drug-likeness (QED) is 0.555. The molecule has 0 amide bonds. The Balaban J connectivity index is 2.52. The van der Waals surface area contributed by atoms with E-state index in [2.05, 4.69) is 20.7 Å². The van der Waals surface area contributed by atoms with E-state index in [1.54, 1.807) is 19.5 Å². The highest BCUT2D eigenvalue weighted by atomic mass is 15.3. The maximum absolute atomic E-state index is 5.69. The fourth-order valence-corrected chi connectivity index (χ4v) is 1.35. The first-order valence-electron chi connectivity index (χ1n) is 4.52. The van der Waals surface area contributed by atoms with Crippen LogP contribution in [0.25, 0.3) is 10.8 Å². The number of hydrogen-bond donors (Lipinski definition) is 2. The monoisotopic (exact) mass is 201 g/mol. The van der Waals surface area contributed by atoms with Crippen molar-refractivity contribution in [3.63, 3.8) is 0 Å². The summed E-state index contributed by atoms with van der Waals surface area (Å²) in [4.78, 5) is 0. The fourth-order valence-electron chi connectivity index (χ4n) is 1.35. The Morgan fingerprint density at radius 1 is 1.47 bits per heavy atom. The van der Waals surface area contributed by atoms with Gasteiger partial charge in [-0.2, -0.15) is 10.2 Å². The van der Waals surface area contributed by atoms with Gasteiger partial charge in [0.1, 0.15) is 0 Å². The minimum Gasteiger partial charge on any atom is -0.382 e. The number of fused-ring (bicyclic) bond motifs is 1. The highest BCUT2D eigenvalue weighted by Crippen LogP contribution is 2.17. The number of hydrogen-bond acceptors (Lipinski definition) is 5. The Labute approximate surface area is 87.0 Å². The van der Waals surface area contributed by atoms with E-state index in [-0.39, 0.29) is 0 Å². The third kappa shape index (κ3) is 1.85. The van der Waals surface area contributed by atoms with Crippen LogP contribution in [0.15, 0.2) is 29.5 Å². The molecule has 0 aliphatic heterocycles. The summed E-state index contributed by atoms with van der Waals surface area (Å²) in [6.07, 6.45) is 3.42. The molecule has 76 valence electrons. The van der Waals surface area contributed by atoms with Crippen LogP contribution in [0.5, 0.6) is 0 Å². The number of hydrazone groups is 1. The van der Waals surface area contributed by atoms with Gasteiger partial charge in [0.25, 0.3) is 0 Å². The van der Waals surface area contributed by atoms with Gasteiger partial charge < -0.3 is 11.2 Å². The van der Waals surface area contributed by atoms with Crippen LogP contribution in [0.4, 0.5) is 5.82 Å². The number of nitrogens with two attached hydrogens (primary N) is 1. The Kier molecular flexibility index (Phi) is 2.45. The topological polar surface area (TPSA) is 76.2 Å². The van der Waals surface area contributed by atoms with Crippen LogP contribution in [-0.4, -0.2) is 23.5 Å². The predicted octanol–water partition coefficient (Wildman–Crippen LogP) is 0.765. The largest absolute Gasteiger partial charge is 0.382 e. The Morgan fingerprint density at radius 3 is 3.13 bits per heavy atom. The molecule has 0 aliphatic rings. The fraction of sp³-hybridized carbons (Fsp3) is 0.100. The molecule has 5 nitrogen and oxygen atoms in total. The molecule has 3 N–H and O–H groups in total. The van der Waals surface area contributed by atoms with E-state index in [9.17, 15) is 0 Å². The van der Waals surface area contributed by atoms with Crippen molar-refractivity contribution >= 4 is 22.8 Å². The van der Waals surface area contributed by atoms with Crippen LogP contribution in [0.1, 0.15) is 5.56 Å². The highest BCUT2D eigenvalue weighted by molar-refractivity contribution is 5.94. The van der Waals surface area contributed by atoms with Gasteiger partial charge in [-0.05, 0) is 17.7 Å². The Morgan fingerprint density at radius 2 is 2.33 bits per heavy atom. The van der Waals surface area contributed by atoms with E-state index in [1.807, 2.05) is 18.2 Å². The van der Waals surface area contributed by atoms with Gasteiger partial charge in [-0.25, -0.2) is 0 Å². The molecule has 2 rings (SSSR count). The molecule has 1 aromatic carbocycles. The van der Waals surface area contributed by atoms with Crippen molar-refractivity contribution in [2.24, 2.45) is 5.10 Å². The van der Waals surface area contributed by atoms with Crippen LogP contribution in [-0.2, 0) is 0 Å². The van der Waals surface area contributed by atoms with E-state index in [0.29, 0.717) is 5.82 Å². The van der Waals surface area contributed by atoms with Crippen molar-refractivity contribution in [1.82, 2.24) is 15.6 Å². The highest BCUT2D eigenvalue weighted by Gasteiger charge is 1.99. The minimum atomic E-state index is 0.449. The number of benzene rings is 1. The van der Waals surface area contributed by atoms with Crippen LogP contribution in [0.2, 0.25) is 0 Å². The van der Waals surface area contributed by atoms with Gasteiger partial charge in [0, 0.05) is 17.8 Å². The second-order valence-corrected chi connectivity index (χ2v) is 3.06. The van der Waals surface area contributed by atoms with Crippen molar-refractivity contribution < 1.29 is 0 Å². The summed E-state index contributed by atoms with van der Waals surface area (Å²) < 4.78 is 0. The second kappa shape index (κ2) is 3.91. The van der Waals surface area contributed by atoms with Crippen molar-refractivity contribution in [2.75, 3.05) is 12.8 Å². The Bertz CT molecular complexity index is 506. The molecule has 0 saturated carbocycles. The van der Waals surface area contributed by atoms with Crippen molar-refractivity contribution in [1.29, 1.82) is 0 Å². The van der Waals surface area contributed by atoms with E-state index >= 15 is 0 Å². The summed E-state index contributed by atoms with van der Waals surface area (Å²) in [5.74, 6) is 0.449. The van der Waals surface area contributed by atoms with Gasteiger partial charge in [-0.3, -0.25) is 0 Å². The molecule has 15 heavy (non-hydrogen) atoms. The minimum absolute atomic E-state index is 0.449. The summed E-state index contributed by atoms with van der Waals surface area (Å²) in [6.45, 7) is 0. The van der Waals surface area contributed by atoms with Crippen LogP contribution in [0, 0.1) is 0 Å². The molecule has 1 aromatic heterocycles. The van der Waals surface area contributed by atoms with Crippen LogP contribution in [0.3, 0.4) is 0 Å². The van der Waals surface area contributed by atoms with E-state index in [0.717, 1.165) is 16.3 Å². The van der Waals surface area contributed by atoms with Gasteiger partial charge in [-0.1, -0.05) is 6.07 Å². The molecule has 0 bridgehead atoms. The molecule has 0 spiro atoms. The molecule has 0 aliphatic carbocycles. The van der Waals surface area contributed by atoms with Gasteiger partial charge in [0.15, 0.2) is 5.82 Å². The molecule has 0 atom stereocenters. The lowest BCUT2D eigenvalue weighted by Crippen LogP contribution is -1.96. The molecule has 0 saturated heterocycles. The zero-order chi connectivity index (χ0) is 10.7.